The Morgan fingerprint density at radius 2 is 2.16 bits per heavy atom. The van der Waals surface area contributed by atoms with Crippen molar-refractivity contribution < 1.29 is 4.39 Å². The minimum atomic E-state index is -0.180. The van der Waals surface area contributed by atoms with Crippen LogP contribution < -0.4 is 5.32 Å². The molecule has 3 heteroatoms. The largest absolute Gasteiger partial charge is 0.381 e. The predicted octanol–water partition coefficient (Wildman–Crippen LogP) is 5.61. The van der Waals surface area contributed by atoms with Crippen LogP contribution in [-0.2, 0) is 0 Å². The number of nitrogens with one attached hydrogen (secondary N) is 1. The van der Waals surface area contributed by atoms with Crippen molar-refractivity contribution in [2.75, 3.05) is 5.32 Å². The van der Waals surface area contributed by atoms with Crippen LogP contribution in [0.25, 0.3) is 0 Å². The van der Waals surface area contributed by atoms with Crippen molar-refractivity contribution in [3.05, 3.63) is 28.5 Å². The summed E-state index contributed by atoms with van der Waals surface area (Å²) in [4.78, 5) is 0. The average molecular weight is 328 g/mol. The van der Waals surface area contributed by atoms with Crippen LogP contribution in [0.15, 0.2) is 22.7 Å². The second-order valence-corrected chi connectivity index (χ2v) is 6.98. The highest BCUT2D eigenvalue weighted by molar-refractivity contribution is 9.10. The van der Waals surface area contributed by atoms with E-state index in [1.54, 1.807) is 12.1 Å². The molecule has 1 aliphatic rings. The maximum absolute atomic E-state index is 13.3. The van der Waals surface area contributed by atoms with E-state index in [4.69, 9.17) is 0 Å². The maximum atomic E-state index is 13.3. The third-order valence-electron chi connectivity index (χ3n) is 3.88. The lowest BCUT2D eigenvalue weighted by atomic mass is 9.81. The zero-order valence-electron chi connectivity index (χ0n) is 11.8. The van der Waals surface area contributed by atoms with Gasteiger partial charge in [-0.05, 0) is 65.2 Å². The van der Waals surface area contributed by atoms with Gasteiger partial charge < -0.3 is 5.32 Å². The second-order valence-electron chi connectivity index (χ2n) is 6.13. The summed E-state index contributed by atoms with van der Waals surface area (Å²) < 4.78 is 14.2. The third-order valence-corrected chi connectivity index (χ3v) is 4.57. The Balaban J connectivity index is 1.96. The Morgan fingerprint density at radius 1 is 1.37 bits per heavy atom. The van der Waals surface area contributed by atoms with Gasteiger partial charge in [0.1, 0.15) is 5.82 Å². The van der Waals surface area contributed by atoms with Gasteiger partial charge in [0, 0.05) is 10.5 Å². The first-order valence-corrected chi connectivity index (χ1v) is 8.05. The summed E-state index contributed by atoms with van der Waals surface area (Å²) in [6.45, 7) is 4.58. The molecule has 2 unspecified atom stereocenters. The van der Waals surface area contributed by atoms with Crippen LogP contribution in [0.5, 0.6) is 0 Å². The summed E-state index contributed by atoms with van der Waals surface area (Å²) in [5.74, 6) is 1.41. The average Bonchev–Trinajstić information content (AvgIpc) is 2.33. The Labute approximate surface area is 124 Å². The Morgan fingerprint density at radius 3 is 2.89 bits per heavy atom. The van der Waals surface area contributed by atoms with Crippen LogP contribution in [0.2, 0.25) is 0 Å². The highest BCUT2D eigenvalue weighted by Gasteiger charge is 2.23. The van der Waals surface area contributed by atoms with Gasteiger partial charge in [0.2, 0.25) is 0 Å². The van der Waals surface area contributed by atoms with Crippen molar-refractivity contribution in [1.29, 1.82) is 0 Å². The quantitative estimate of drug-likeness (QED) is 0.758. The zero-order chi connectivity index (χ0) is 13.8. The van der Waals surface area contributed by atoms with E-state index in [9.17, 15) is 4.39 Å². The van der Waals surface area contributed by atoms with Crippen LogP contribution in [0.1, 0.15) is 46.0 Å². The first kappa shape index (κ1) is 14.8. The van der Waals surface area contributed by atoms with Gasteiger partial charge in [0.15, 0.2) is 0 Å². The molecule has 19 heavy (non-hydrogen) atoms. The van der Waals surface area contributed by atoms with Crippen LogP contribution in [0.4, 0.5) is 10.1 Å². The van der Waals surface area contributed by atoms with Gasteiger partial charge in [-0.2, -0.15) is 0 Å². The molecule has 0 bridgehead atoms. The molecule has 1 N–H and O–H groups in total. The topological polar surface area (TPSA) is 12.0 Å². The van der Waals surface area contributed by atoms with Gasteiger partial charge in [0.25, 0.3) is 0 Å². The number of hydrogen-bond acceptors (Lipinski definition) is 1. The summed E-state index contributed by atoms with van der Waals surface area (Å²) >= 11 is 3.48. The number of benzene rings is 1. The smallest absolute Gasteiger partial charge is 0.125 e. The number of halogens is 2. The van der Waals surface area contributed by atoms with Gasteiger partial charge >= 0.3 is 0 Å². The lowest BCUT2D eigenvalue weighted by Crippen LogP contribution is -2.28. The highest BCUT2D eigenvalue weighted by atomic mass is 79.9. The number of anilines is 1. The molecule has 0 saturated heterocycles. The standard InChI is InChI=1S/C16H23BrFN/c1-11(2)8-12-4-3-5-14(9-12)19-16-10-13(18)6-7-15(16)17/h6-7,10-12,14,19H,3-5,8-9H2,1-2H3. The van der Waals surface area contributed by atoms with Crippen molar-refractivity contribution in [2.24, 2.45) is 11.8 Å². The SMILES string of the molecule is CC(C)CC1CCCC(Nc2cc(F)ccc2Br)C1. The van der Waals surface area contributed by atoms with Gasteiger partial charge in [-0.15, -0.1) is 0 Å². The highest BCUT2D eigenvalue weighted by Crippen LogP contribution is 2.32. The molecule has 1 fully saturated rings. The minimum Gasteiger partial charge on any atom is -0.381 e. The number of hydrogen-bond donors (Lipinski definition) is 1. The molecule has 0 heterocycles. The molecule has 1 aromatic rings. The van der Waals surface area contributed by atoms with Crippen molar-refractivity contribution >= 4 is 21.6 Å². The van der Waals surface area contributed by atoms with Crippen molar-refractivity contribution in [2.45, 2.75) is 52.0 Å². The van der Waals surface area contributed by atoms with Gasteiger partial charge in [-0.3, -0.25) is 0 Å². The Hall–Kier alpha value is -0.570. The molecule has 2 rings (SSSR count). The normalized spacial score (nSPS) is 23.6. The molecule has 2 atom stereocenters. The summed E-state index contributed by atoms with van der Waals surface area (Å²) in [5.41, 5.74) is 0.884. The zero-order valence-corrected chi connectivity index (χ0v) is 13.3. The maximum Gasteiger partial charge on any atom is 0.125 e. The van der Waals surface area contributed by atoms with E-state index in [-0.39, 0.29) is 5.82 Å². The van der Waals surface area contributed by atoms with E-state index in [1.807, 2.05) is 0 Å². The van der Waals surface area contributed by atoms with Crippen molar-refractivity contribution in [3.63, 3.8) is 0 Å². The van der Waals surface area contributed by atoms with E-state index in [0.717, 1.165) is 22.0 Å². The molecule has 0 spiro atoms. The molecule has 0 aliphatic heterocycles. The summed E-state index contributed by atoms with van der Waals surface area (Å²) in [7, 11) is 0. The van der Waals surface area contributed by atoms with E-state index in [1.165, 1.54) is 38.2 Å². The molecule has 1 nitrogen and oxygen atoms in total. The lowest BCUT2D eigenvalue weighted by molar-refractivity contribution is 0.289. The molecule has 0 amide bonds. The molecular weight excluding hydrogens is 305 g/mol. The van der Waals surface area contributed by atoms with Crippen LogP contribution >= 0.6 is 15.9 Å². The lowest BCUT2D eigenvalue weighted by Gasteiger charge is -2.31. The first-order chi connectivity index (χ1) is 9.04. The van der Waals surface area contributed by atoms with Crippen LogP contribution in [0.3, 0.4) is 0 Å². The van der Waals surface area contributed by atoms with E-state index < -0.39 is 0 Å². The fourth-order valence-electron chi connectivity index (χ4n) is 3.13. The van der Waals surface area contributed by atoms with E-state index >= 15 is 0 Å². The predicted molar refractivity (Wildman–Crippen MR) is 82.9 cm³/mol. The fraction of sp³-hybridized carbons (Fsp3) is 0.625. The second kappa shape index (κ2) is 6.74. The van der Waals surface area contributed by atoms with Gasteiger partial charge in [0.05, 0.1) is 5.69 Å². The summed E-state index contributed by atoms with van der Waals surface area (Å²) in [6, 6.07) is 5.32. The van der Waals surface area contributed by atoms with E-state index in [2.05, 4.69) is 35.1 Å². The minimum absolute atomic E-state index is 0.180. The molecule has 0 aromatic heterocycles. The van der Waals surface area contributed by atoms with Crippen molar-refractivity contribution in [1.82, 2.24) is 0 Å². The van der Waals surface area contributed by atoms with Crippen LogP contribution in [0, 0.1) is 17.7 Å². The third kappa shape index (κ3) is 4.48. The van der Waals surface area contributed by atoms with E-state index in [0.29, 0.717) is 6.04 Å². The number of rotatable bonds is 4. The monoisotopic (exact) mass is 327 g/mol. The molecule has 0 radical (unpaired) electrons. The molecule has 1 saturated carbocycles. The summed E-state index contributed by atoms with van der Waals surface area (Å²) in [6.07, 6.45) is 6.34. The molecule has 1 aliphatic carbocycles. The molecular formula is C16H23BrFN. The molecule has 1 aromatic carbocycles. The Bertz CT molecular complexity index is 419. The van der Waals surface area contributed by atoms with Gasteiger partial charge in [-0.25, -0.2) is 4.39 Å². The first-order valence-electron chi connectivity index (χ1n) is 7.26. The van der Waals surface area contributed by atoms with Gasteiger partial charge in [-0.1, -0.05) is 26.7 Å². The van der Waals surface area contributed by atoms with Crippen LogP contribution in [-0.4, -0.2) is 6.04 Å². The Kier molecular flexibility index (Phi) is 5.26. The van der Waals surface area contributed by atoms with Crippen molar-refractivity contribution in [3.8, 4) is 0 Å². The fourth-order valence-corrected chi connectivity index (χ4v) is 3.49. The molecule has 106 valence electrons. The summed E-state index contributed by atoms with van der Waals surface area (Å²) in [5, 5.41) is 3.51.